The van der Waals surface area contributed by atoms with Crippen molar-refractivity contribution in [3.05, 3.63) is 78.5 Å². The van der Waals surface area contributed by atoms with Crippen LogP contribution in [0.25, 0.3) is 28.0 Å². The van der Waals surface area contributed by atoms with Crippen molar-refractivity contribution in [2.24, 2.45) is 0 Å². The number of anilines is 1. The Bertz CT molecular complexity index is 1850. The number of amides is 1. The predicted octanol–water partition coefficient (Wildman–Crippen LogP) is 3.72. The SMILES string of the molecule is CS(=O)(=O)c1c(C2C[C@H]3CC[C@@H](C2)N3C(=O)c2ccn[nH]2)nc2c(-c3ccc(-c4ccccc4)nc3)cnn2c1N. The minimum atomic E-state index is -3.73. The highest BCUT2D eigenvalue weighted by Gasteiger charge is 2.45. The number of hydrogen-bond acceptors (Lipinski definition) is 8. The van der Waals surface area contributed by atoms with Gasteiger partial charge in [0.1, 0.15) is 16.4 Å². The average Bonchev–Trinajstić information content (AvgIpc) is 3.71. The van der Waals surface area contributed by atoms with Gasteiger partial charge in [-0.15, -0.1) is 0 Å². The maximum Gasteiger partial charge on any atom is 0.272 e. The number of aromatic nitrogens is 6. The molecule has 2 aliphatic heterocycles. The fraction of sp³-hybridized carbons (Fsp3) is 0.276. The quantitative estimate of drug-likeness (QED) is 0.325. The molecule has 3 atom stereocenters. The number of carbonyl (C=O) groups excluding carboxylic acids is 1. The van der Waals surface area contributed by atoms with Gasteiger partial charge in [0.25, 0.3) is 5.91 Å². The summed E-state index contributed by atoms with van der Waals surface area (Å²) in [6.07, 6.45) is 9.02. The second kappa shape index (κ2) is 9.51. The third-order valence-electron chi connectivity index (χ3n) is 8.26. The molecule has 2 saturated heterocycles. The zero-order valence-corrected chi connectivity index (χ0v) is 23.1. The van der Waals surface area contributed by atoms with E-state index in [9.17, 15) is 13.2 Å². The first-order valence-electron chi connectivity index (χ1n) is 13.5. The maximum atomic E-state index is 13.2. The number of rotatable bonds is 5. The number of carbonyl (C=O) groups is 1. The standard InChI is InChI=1S/C29H28N8O3S/c1-41(39,40)26-25(19-13-20-8-9-21(14-19)36(20)29(38)24-11-12-32-35-24)34-28-22(16-33-37(28)27(26)30)18-7-10-23(31-15-18)17-5-3-2-4-6-17/h2-7,10-12,15-16,19-21H,8-9,13-14,30H2,1H3,(H,32,35)/t19?,20-,21+. The number of piperidine rings is 1. The van der Waals surface area contributed by atoms with Gasteiger partial charge in [0.2, 0.25) is 0 Å². The van der Waals surface area contributed by atoms with E-state index in [-0.39, 0.29) is 34.6 Å². The number of nitrogens with one attached hydrogen (secondary N) is 1. The van der Waals surface area contributed by atoms with Gasteiger partial charge in [0.05, 0.1) is 17.6 Å². The van der Waals surface area contributed by atoms with Gasteiger partial charge < -0.3 is 10.6 Å². The number of nitrogens with two attached hydrogens (primary N) is 1. The highest BCUT2D eigenvalue weighted by Crippen LogP contribution is 2.45. The van der Waals surface area contributed by atoms with E-state index in [2.05, 4.69) is 20.3 Å². The zero-order valence-electron chi connectivity index (χ0n) is 22.3. The van der Waals surface area contributed by atoms with Crippen LogP contribution in [0.1, 0.15) is 47.8 Å². The van der Waals surface area contributed by atoms with Crippen LogP contribution in [-0.2, 0) is 9.84 Å². The fourth-order valence-electron chi connectivity index (χ4n) is 6.46. The molecule has 6 heterocycles. The van der Waals surface area contributed by atoms with Gasteiger partial charge in [-0.05, 0) is 37.8 Å². The van der Waals surface area contributed by atoms with Crippen molar-refractivity contribution in [1.82, 2.24) is 34.7 Å². The van der Waals surface area contributed by atoms with Crippen molar-refractivity contribution in [1.29, 1.82) is 0 Å². The van der Waals surface area contributed by atoms with Gasteiger partial charge >= 0.3 is 0 Å². The molecule has 208 valence electrons. The lowest BCUT2D eigenvalue weighted by Crippen LogP contribution is -2.46. The van der Waals surface area contributed by atoms with Gasteiger partial charge in [-0.3, -0.25) is 14.9 Å². The Morgan fingerprint density at radius 3 is 2.39 bits per heavy atom. The molecule has 3 N–H and O–H groups in total. The number of pyridine rings is 1. The molecule has 12 heteroatoms. The average molecular weight is 569 g/mol. The summed E-state index contributed by atoms with van der Waals surface area (Å²) in [5.41, 5.74) is 11.2. The van der Waals surface area contributed by atoms with Crippen molar-refractivity contribution in [3.8, 4) is 22.4 Å². The molecular weight excluding hydrogens is 540 g/mol. The van der Waals surface area contributed by atoms with Crippen LogP contribution < -0.4 is 5.73 Å². The molecule has 7 rings (SSSR count). The van der Waals surface area contributed by atoms with Crippen molar-refractivity contribution in [3.63, 3.8) is 0 Å². The summed E-state index contributed by atoms with van der Waals surface area (Å²) < 4.78 is 27.5. The molecule has 0 spiro atoms. The highest BCUT2D eigenvalue weighted by atomic mass is 32.2. The van der Waals surface area contributed by atoms with Crippen molar-refractivity contribution in [2.75, 3.05) is 12.0 Å². The van der Waals surface area contributed by atoms with E-state index in [1.165, 1.54) is 4.52 Å². The van der Waals surface area contributed by atoms with E-state index in [4.69, 9.17) is 10.7 Å². The van der Waals surface area contributed by atoms with E-state index in [0.717, 1.165) is 35.9 Å². The van der Waals surface area contributed by atoms with Gasteiger partial charge in [-0.1, -0.05) is 36.4 Å². The number of hydrogen-bond donors (Lipinski definition) is 2. The summed E-state index contributed by atoms with van der Waals surface area (Å²) in [6, 6.07) is 15.4. The minimum absolute atomic E-state index is 0.00921. The Morgan fingerprint density at radius 2 is 1.76 bits per heavy atom. The lowest BCUT2D eigenvalue weighted by atomic mass is 9.87. The molecule has 1 aromatic carbocycles. The Balaban J connectivity index is 1.29. The van der Waals surface area contributed by atoms with Gasteiger partial charge in [-0.25, -0.2) is 13.4 Å². The number of benzene rings is 1. The summed E-state index contributed by atoms with van der Waals surface area (Å²) in [5.74, 6) is -0.225. The number of sulfone groups is 1. The van der Waals surface area contributed by atoms with Gasteiger partial charge in [0.15, 0.2) is 15.5 Å². The molecule has 5 aromatic rings. The molecule has 0 aliphatic carbocycles. The first-order valence-corrected chi connectivity index (χ1v) is 15.4. The van der Waals surface area contributed by atoms with E-state index < -0.39 is 9.84 Å². The summed E-state index contributed by atoms with van der Waals surface area (Å²) in [7, 11) is -3.73. The molecule has 1 unspecified atom stereocenters. The lowest BCUT2D eigenvalue weighted by Gasteiger charge is -2.39. The Morgan fingerprint density at radius 1 is 1.00 bits per heavy atom. The molecular formula is C29H28N8O3S. The van der Waals surface area contributed by atoms with Crippen molar-refractivity contribution >= 4 is 27.2 Å². The number of fused-ring (bicyclic) bond motifs is 3. The molecule has 4 aromatic heterocycles. The van der Waals surface area contributed by atoms with Crippen LogP contribution in [0.5, 0.6) is 0 Å². The smallest absolute Gasteiger partial charge is 0.272 e. The molecule has 41 heavy (non-hydrogen) atoms. The summed E-state index contributed by atoms with van der Waals surface area (Å²) in [6.45, 7) is 0. The highest BCUT2D eigenvalue weighted by molar-refractivity contribution is 7.91. The fourth-order valence-corrected chi connectivity index (χ4v) is 7.52. The second-order valence-corrected chi connectivity index (χ2v) is 12.8. The predicted molar refractivity (Wildman–Crippen MR) is 153 cm³/mol. The van der Waals surface area contributed by atoms with Crippen LogP contribution in [0.15, 0.2) is 72.0 Å². The minimum Gasteiger partial charge on any atom is -0.382 e. The molecule has 11 nitrogen and oxygen atoms in total. The second-order valence-electron chi connectivity index (χ2n) is 10.8. The van der Waals surface area contributed by atoms with Crippen molar-refractivity contribution < 1.29 is 13.2 Å². The molecule has 2 fully saturated rings. The summed E-state index contributed by atoms with van der Waals surface area (Å²) in [4.78, 5) is 24.7. The molecule has 1 amide bonds. The van der Waals surface area contributed by atoms with Crippen molar-refractivity contribution in [2.45, 2.75) is 48.6 Å². The lowest BCUT2D eigenvalue weighted by molar-refractivity contribution is 0.0562. The van der Waals surface area contributed by atoms with E-state index in [0.29, 0.717) is 35.4 Å². The van der Waals surface area contributed by atoms with Crippen LogP contribution in [-0.4, -0.2) is 67.3 Å². The summed E-state index contributed by atoms with van der Waals surface area (Å²) >= 11 is 0. The van der Waals surface area contributed by atoms with Crippen LogP contribution in [0.4, 0.5) is 5.82 Å². The Kier molecular flexibility index (Phi) is 5.89. The first-order chi connectivity index (χ1) is 19.8. The molecule has 2 bridgehead atoms. The number of aromatic amines is 1. The Labute approximate surface area is 236 Å². The normalized spacial score (nSPS) is 20.5. The molecule has 2 aliphatic rings. The van der Waals surface area contributed by atoms with E-state index in [1.807, 2.05) is 47.4 Å². The molecule has 0 radical (unpaired) electrons. The van der Waals surface area contributed by atoms with E-state index in [1.54, 1.807) is 24.7 Å². The van der Waals surface area contributed by atoms with E-state index >= 15 is 0 Å². The first kappa shape index (κ1) is 25.4. The third kappa shape index (κ3) is 4.26. The number of H-pyrrole nitrogens is 1. The third-order valence-corrected chi connectivity index (χ3v) is 9.42. The molecule has 0 saturated carbocycles. The van der Waals surface area contributed by atoms with Crippen LogP contribution in [0, 0.1) is 0 Å². The van der Waals surface area contributed by atoms with Crippen LogP contribution in [0.3, 0.4) is 0 Å². The number of nitrogens with zero attached hydrogens (tertiary/aromatic N) is 6. The summed E-state index contributed by atoms with van der Waals surface area (Å²) in [5, 5.41) is 11.1. The van der Waals surface area contributed by atoms with Crippen LogP contribution >= 0.6 is 0 Å². The van der Waals surface area contributed by atoms with Crippen LogP contribution in [0.2, 0.25) is 0 Å². The Hall–Kier alpha value is -4.58. The zero-order chi connectivity index (χ0) is 28.3. The number of nitrogen functional groups attached to an aromatic ring is 1. The maximum absolute atomic E-state index is 13.2. The topological polar surface area (TPSA) is 152 Å². The monoisotopic (exact) mass is 568 g/mol. The van der Waals surface area contributed by atoms with Gasteiger partial charge in [0, 0.05) is 53.3 Å². The van der Waals surface area contributed by atoms with Gasteiger partial charge in [-0.2, -0.15) is 14.7 Å². The largest absolute Gasteiger partial charge is 0.382 e.